The SMILES string of the molecule is O=S(=O)(Cl)c1c(F)ccc2ccccc12. The van der Waals surface area contributed by atoms with Gasteiger partial charge < -0.3 is 0 Å². The lowest BCUT2D eigenvalue weighted by Gasteiger charge is -2.03. The summed E-state index contributed by atoms with van der Waals surface area (Å²) in [7, 11) is 1.11. The normalized spacial score (nSPS) is 11.9. The van der Waals surface area contributed by atoms with E-state index in [-0.39, 0.29) is 0 Å². The van der Waals surface area contributed by atoms with Gasteiger partial charge in [0.05, 0.1) is 0 Å². The highest BCUT2D eigenvalue weighted by Crippen LogP contribution is 2.28. The highest BCUT2D eigenvalue weighted by molar-refractivity contribution is 8.14. The van der Waals surface area contributed by atoms with Crippen LogP contribution >= 0.6 is 10.7 Å². The van der Waals surface area contributed by atoms with Gasteiger partial charge in [0.1, 0.15) is 10.7 Å². The van der Waals surface area contributed by atoms with E-state index >= 15 is 0 Å². The Labute approximate surface area is 90.7 Å². The van der Waals surface area contributed by atoms with Crippen molar-refractivity contribution in [1.82, 2.24) is 0 Å². The van der Waals surface area contributed by atoms with Crippen molar-refractivity contribution in [3.05, 3.63) is 42.2 Å². The predicted molar refractivity (Wildman–Crippen MR) is 56.9 cm³/mol. The third-order valence-electron chi connectivity index (χ3n) is 2.08. The quantitative estimate of drug-likeness (QED) is 0.723. The molecule has 78 valence electrons. The summed E-state index contributed by atoms with van der Waals surface area (Å²) in [5, 5.41) is 0.936. The first-order chi connectivity index (χ1) is 7.00. The van der Waals surface area contributed by atoms with Crippen LogP contribution in [0.2, 0.25) is 0 Å². The zero-order chi connectivity index (χ0) is 11.1. The van der Waals surface area contributed by atoms with Crippen LogP contribution in [0.4, 0.5) is 4.39 Å². The van der Waals surface area contributed by atoms with Crippen LogP contribution in [0, 0.1) is 5.82 Å². The zero-order valence-corrected chi connectivity index (χ0v) is 9.02. The van der Waals surface area contributed by atoms with Crippen molar-refractivity contribution >= 4 is 30.5 Å². The molecule has 0 aromatic heterocycles. The van der Waals surface area contributed by atoms with E-state index in [1.165, 1.54) is 12.1 Å². The van der Waals surface area contributed by atoms with Gasteiger partial charge in [-0.2, -0.15) is 0 Å². The topological polar surface area (TPSA) is 34.1 Å². The van der Waals surface area contributed by atoms with Gasteiger partial charge >= 0.3 is 0 Å². The van der Waals surface area contributed by atoms with Gasteiger partial charge in [-0.1, -0.05) is 30.3 Å². The molecule has 0 fully saturated rings. The second-order valence-corrected chi connectivity index (χ2v) is 5.54. The van der Waals surface area contributed by atoms with Crippen molar-refractivity contribution in [1.29, 1.82) is 0 Å². The van der Waals surface area contributed by atoms with E-state index in [1.807, 2.05) is 0 Å². The molecule has 0 saturated carbocycles. The maximum atomic E-state index is 13.4. The second-order valence-electron chi connectivity index (χ2n) is 3.04. The van der Waals surface area contributed by atoms with Crippen molar-refractivity contribution in [2.75, 3.05) is 0 Å². The first-order valence-corrected chi connectivity index (χ1v) is 6.43. The Morgan fingerprint density at radius 3 is 2.40 bits per heavy atom. The molecular formula is C10H6ClFO2S. The fraction of sp³-hybridized carbons (Fsp3) is 0. The molecule has 0 aliphatic rings. The summed E-state index contributed by atoms with van der Waals surface area (Å²) in [6.07, 6.45) is 0. The van der Waals surface area contributed by atoms with E-state index in [9.17, 15) is 12.8 Å². The summed E-state index contributed by atoms with van der Waals surface area (Å²) in [6, 6.07) is 9.19. The average molecular weight is 245 g/mol. The maximum Gasteiger partial charge on any atom is 0.264 e. The molecular weight excluding hydrogens is 239 g/mol. The first kappa shape index (κ1) is 10.4. The molecule has 5 heteroatoms. The molecule has 0 spiro atoms. The number of rotatable bonds is 1. The maximum absolute atomic E-state index is 13.4. The molecule has 0 N–H and O–H groups in total. The van der Waals surface area contributed by atoms with Gasteiger partial charge in [0.15, 0.2) is 0 Å². The first-order valence-electron chi connectivity index (χ1n) is 4.12. The standard InChI is InChI=1S/C10H6ClFO2S/c11-15(13,14)10-8-4-2-1-3-7(8)5-6-9(10)12/h1-6H. The molecule has 0 aliphatic heterocycles. The summed E-state index contributed by atoms with van der Waals surface area (Å²) in [4.78, 5) is -0.456. The number of fused-ring (bicyclic) bond motifs is 1. The van der Waals surface area contributed by atoms with Crippen LogP contribution in [-0.4, -0.2) is 8.42 Å². The van der Waals surface area contributed by atoms with E-state index in [4.69, 9.17) is 10.7 Å². The third kappa shape index (κ3) is 1.82. The Bertz CT molecular complexity index is 622. The second kappa shape index (κ2) is 3.47. The van der Waals surface area contributed by atoms with Crippen LogP contribution in [0.3, 0.4) is 0 Å². The predicted octanol–water partition coefficient (Wildman–Crippen LogP) is 2.91. The lowest BCUT2D eigenvalue weighted by Crippen LogP contribution is -1.96. The van der Waals surface area contributed by atoms with Gasteiger partial charge in [0, 0.05) is 16.1 Å². The van der Waals surface area contributed by atoms with Crippen molar-refractivity contribution in [3.8, 4) is 0 Å². The van der Waals surface area contributed by atoms with E-state index in [1.54, 1.807) is 18.2 Å². The smallest absolute Gasteiger partial charge is 0.207 e. The summed E-state index contributed by atoms with van der Waals surface area (Å²) in [5.74, 6) is -0.830. The Morgan fingerprint density at radius 1 is 1.07 bits per heavy atom. The van der Waals surface area contributed by atoms with Gasteiger partial charge in [-0.25, -0.2) is 12.8 Å². The van der Waals surface area contributed by atoms with Crippen LogP contribution in [0.25, 0.3) is 10.8 Å². The van der Waals surface area contributed by atoms with Crippen LogP contribution in [-0.2, 0) is 9.05 Å². The average Bonchev–Trinajstić information content (AvgIpc) is 2.15. The highest BCUT2D eigenvalue weighted by Gasteiger charge is 2.19. The number of hydrogen-bond acceptors (Lipinski definition) is 2. The van der Waals surface area contributed by atoms with E-state index < -0.39 is 19.8 Å². The van der Waals surface area contributed by atoms with Crippen LogP contribution in [0.15, 0.2) is 41.3 Å². The van der Waals surface area contributed by atoms with Crippen LogP contribution in [0.5, 0.6) is 0 Å². The minimum Gasteiger partial charge on any atom is -0.207 e. The molecule has 0 saturated heterocycles. The molecule has 0 bridgehead atoms. The summed E-state index contributed by atoms with van der Waals surface area (Å²) < 4.78 is 35.7. The highest BCUT2D eigenvalue weighted by atomic mass is 35.7. The van der Waals surface area contributed by atoms with Gasteiger partial charge in [-0.3, -0.25) is 0 Å². The molecule has 2 aromatic rings. The number of halogens is 2. The summed E-state index contributed by atoms with van der Waals surface area (Å²) in [6.45, 7) is 0. The molecule has 0 atom stereocenters. The third-order valence-corrected chi connectivity index (χ3v) is 3.44. The molecule has 15 heavy (non-hydrogen) atoms. The van der Waals surface area contributed by atoms with Gasteiger partial charge in [-0.15, -0.1) is 0 Å². The van der Waals surface area contributed by atoms with E-state index in [0.29, 0.717) is 10.8 Å². The molecule has 0 amide bonds. The fourth-order valence-corrected chi connectivity index (χ4v) is 2.68. The number of hydrogen-bond donors (Lipinski definition) is 0. The van der Waals surface area contributed by atoms with Gasteiger partial charge in [0.25, 0.3) is 9.05 Å². The van der Waals surface area contributed by atoms with Crippen LogP contribution in [0.1, 0.15) is 0 Å². The van der Waals surface area contributed by atoms with Crippen molar-refractivity contribution in [3.63, 3.8) is 0 Å². The Morgan fingerprint density at radius 2 is 1.73 bits per heavy atom. The lowest BCUT2D eigenvalue weighted by atomic mass is 10.1. The van der Waals surface area contributed by atoms with Crippen molar-refractivity contribution in [2.45, 2.75) is 4.90 Å². The zero-order valence-electron chi connectivity index (χ0n) is 7.44. The molecule has 0 unspecified atom stereocenters. The van der Waals surface area contributed by atoms with Gasteiger partial charge in [-0.05, 0) is 11.5 Å². The fourth-order valence-electron chi connectivity index (χ4n) is 1.46. The molecule has 0 aliphatic carbocycles. The summed E-state index contributed by atoms with van der Waals surface area (Å²) >= 11 is 0. The minimum absolute atomic E-state index is 0.299. The lowest BCUT2D eigenvalue weighted by molar-refractivity contribution is 0.579. The van der Waals surface area contributed by atoms with E-state index in [2.05, 4.69) is 0 Å². The molecule has 2 aromatic carbocycles. The minimum atomic E-state index is -4.06. The van der Waals surface area contributed by atoms with Crippen LogP contribution < -0.4 is 0 Å². The monoisotopic (exact) mass is 244 g/mol. The number of benzene rings is 2. The Balaban J connectivity index is 2.99. The van der Waals surface area contributed by atoms with Gasteiger partial charge in [0.2, 0.25) is 0 Å². The van der Waals surface area contributed by atoms with Crippen molar-refractivity contribution in [2.24, 2.45) is 0 Å². The summed E-state index contributed by atoms with van der Waals surface area (Å²) in [5.41, 5.74) is 0. The molecule has 2 rings (SSSR count). The molecule has 0 radical (unpaired) electrons. The largest absolute Gasteiger partial charge is 0.264 e. The molecule has 2 nitrogen and oxygen atoms in total. The Hall–Kier alpha value is -1.13. The Kier molecular flexibility index (Phi) is 2.40. The van der Waals surface area contributed by atoms with E-state index in [0.717, 1.165) is 6.07 Å². The van der Waals surface area contributed by atoms with Crippen molar-refractivity contribution < 1.29 is 12.8 Å². The molecule has 0 heterocycles.